The Bertz CT molecular complexity index is 824. The molecular formula is C19H17FN2O2S. The maximum Gasteiger partial charge on any atom is 0.240 e. The number of thioether (sulfide) groups is 1. The van der Waals surface area contributed by atoms with Crippen molar-refractivity contribution in [3.8, 4) is 0 Å². The number of hydrogen-bond donors (Lipinski definition) is 1. The van der Waals surface area contributed by atoms with Gasteiger partial charge in [0.2, 0.25) is 11.8 Å². The van der Waals surface area contributed by atoms with Crippen LogP contribution in [0.2, 0.25) is 0 Å². The summed E-state index contributed by atoms with van der Waals surface area (Å²) in [4.78, 5) is 27.1. The van der Waals surface area contributed by atoms with E-state index in [9.17, 15) is 14.0 Å². The minimum Gasteiger partial charge on any atom is -0.351 e. The number of amides is 2. The van der Waals surface area contributed by atoms with E-state index < -0.39 is 0 Å². The Morgan fingerprint density at radius 1 is 1.20 bits per heavy atom. The number of carbonyl (C=O) groups is 2. The van der Waals surface area contributed by atoms with Gasteiger partial charge in [0.1, 0.15) is 12.4 Å². The van der Waals surface area contributed by atoms with Crippen molar-refractivity contribution < 1.29 is 14.0 Å². The molecule has 1 aliphatic carbocycles. The van der Waals surface area contributed by atoms with Gasteiger partial charge in [0, 0.05) is 16.9 Å². The zero-order valence-electron chi connectivity index (χ0n) is 13.4. The quantitative estimate of drug-likeness (QED) is 0.916. The van der Waals surface area contributed by atoms with Gasteiger partial charge in [-0.25, -0.2) is 4.39 Å². The van der Waals surface area contributed by atoms with Crippen LogP contribution in [-0.2, 0) is 9.59 Å². The van der Waals surface area contributed by atoms with E-state index in [1.54, 1.807) is 17.0 Å². The molecule has 1 heterocycles. The maximum absolute atomic E-state index is 13.0. The normalized spacial score (nSPS) is 21.6. The summed E-state index contributed by atoms with van der Waals surface area (Å²) in [5.74, 6) is 0.107. The van der Waals surface area contributed by atoms with Crippen LogP contribution in [0.3, 0.4) is 0 Å². The minimum absolute atomic E-state index is 0.0308. The highest BCUT2D eigenvalue weighted by molar-refractivity contribution is 8.00. The van der Waals surface area contributed by atoms with Crippen LogP contribution in [0.1, 0.15) is 17.9 Å². The standard InChI is InChI=1S/C19H17FN2O2S/c20-13-7-5-12(6-8-13)14-9-15(14)21-18(23)10-22-16-3-1-2-4-17(16)25-11-19(22)24/h1-8,14-15H,9-11H2,(H,21,23)/t14-,15-/m1/s1. The molecule has 0 saturated heterocycles. The summed E-state index contributed by atoms with van der Waals surface area (Å²) in [5, 5.41) is 2.98. The molecule has 0 radical (unpaired) electrons. The summed E-state index contributed by atoms with van der Waals surface area (Å²) in [6, 6.07) is 14.1. The molecule has 2 aromatic rings. The van der Waals surface area contributed by atoms with Gasteiger partial charge in [-0.1, -0.05) is 24.3 Å². The van der Waals surface area contributed by atoms with Crippen LogP contribution in [-0.4, -0.2) is 30.2 Å². The maximum atomic E-state index is 13.0. The van der Waals surface area contributed by atoms with Crippen LogP contribution >= 0.6 is 11.8 Å². The molecule has 0 bridgehead atoms. The predicted molar refractivity (Wildman–Crippen MR) is 95.2 cm³/mol. The molecule has 2 aliphatic rings. The van der Waals surface area contributed by atoms with Crippen LogP contribution < -0.4 is 10.2 Å². The van der Waals surface area contributed by atoms with Gasteiger partial charge in [-0.05, 0) is 36.2 Å². The fourth-order valence-electron chi connectivity index (χ4n) is 3.16. The van der Waals surface area contributed by atoms with Gasteiger partial charge in [-0.2, -0.15) is 0 Å². The van der Waals surface area contributed by atoms with Crippen LogP contribution in [0.15, 0.2) is 53.4 Å². The number of benzene rings is 2. The smallest absolute Gasteiger partial charge is 0.240 e. The first-order valence-electron chi connectivity index (χ1n) is 8.19. The Hall–Kier alpha value is -2.34. The molecule has 1 fully saturated rings. The molecule has 0 spiro atoms. The number of carbonyl (C=O) groups excluding carboxylic acids is 2. The van der Waals surface area contributed by atoms with Crippen molar-refractivity contribution in [3.05, 3.63) is 59.9 Å². The van der Waals surface area contributed by atoms with Crippen molar-refractivity contribution >= 4 is 29.3 Å². The first-order chi connectivity index (χ1) is 12.1. The summed E-state index contributed by atoms with van der Waals surface area (Å²) in [6.07, 6.45) is 0.845. The van der Waals surface area contributed by atoms with Gasteiger partial charge in [0.05, 0.1) is 11.4 Å². The number of hydrogen-bond acceptors (Lipinski definition) is 3. The van der Waals surface area contributed by atoms with E-state index in [4.69, 9.17) is 0 Å². The van der Waals surface area contributed by atoms with E-state index in [0.717, 1.165) is 22.6 Å². The second kappa shape index (κ2) is 6.52. The average molecular weight is 356 g/mol. The average Bonchev–Trinajstić information content (AvgIpc) is 3.37. The van der Waals surface area contributed by atoms with Crippen molar-refractivity contribution in [3.63, 3.8) is 0 Å². The number of fused-ring (bicyclic) bond motifs is 1. The predicted octanol–water partition coefficient (Wildman–Crippen LogP) is 2.94. The molecule has 2 aromatic carbocycles. The fraction of sp³-hybridized carbons (Fsp3) is 0.263. The molecule has 2 amide bonds. The zero-order chi connectivity index (χ0) is 17.4. The topological polar surface area (TPSA) is 49.4 Å². The number of para-hydroxylation sites is 1. The second-order valence-electron chi connectivity index (χ2n) is 6.30. The monoisotopic (exact) mass is 356 g/mol. The first-order valence-corrected chi connectivity index (χ1v) is 9.17. The van der Waals surface area contributed by atoms with Crippen LogP contribution in [0.25, 0.3) is 0 Å². The lowest BCUT2D eigenvalue weighted by atomic mass is 10.1. The highest BCUT2D eigenvalue weighted by atomic mass is 32.2. The number of anilines is 1. The molecular weight excluding hydrogens is 339 g/mol. The summed E-state index contributed by atoms with van der Waals surface area (Å²) in [5.41, 5.74) is 1.83. The van der Waals surface area contributed by atoms with Gasteiger partial charge in [0.15, 0.2) is 0 Å². The van der Waals surface area contributed by atoms with Gasteiger partial charge in [-0.15, -0.1) is 11.8 Å². The minimum atomic E-state index is -0.259. The van der Waals surface area contributed by atoms with Crippen LogP contribution in [0, 0.1) is 5.82 Å². The van der Waals surface area contributed by atoms with Crippen LogP contribution in [0.5, 0.6) is 0 Å². The highest BCUT2D eigenvalue weighted by Crippen LogP contribution is 2.41. The largest absolute Gasteiger partial charge is 0.351 e. The van der Waals surface area contributed by atoms with E-state index in [0.29, 0.717) is 5.75 Å². The van der Waals surface area contributed by atoms with Crippen molar-refractivity contribution in [2.24, 2.45) is 0 Å². The van der Waals surface area contributed by atoms with E-state index >= 15 is 0 Å². The Morgan fingerprint density at radius 3 is 2.76 bits per heavy atom. The molecule has 4 nitrogen and oxygen atoms in total. The van der Waals surface area contributed by atoms with E-state index in [1.165, 1.54) is 23.9 Å². The van der Waals surface area contributed by atoms with Gasteiger partial charge >= 0.3 is 0 Å². The Balaban J connectivity index is 1.39. The van der Waals surface area contributed by atoms with Gasteiger partial charge < -0.3 is 10.2 Å². The van der Waals surface area contributed by atoms with Crippen molar-refractivity contribution in [1.29, 1.82) is 0 Å². The molecule has 1 N–H and O–H groups in total. The SMILES string of the molecule is O=C(CN1C(=O)CSc2ccccc21)N[C@@H]1C[C@@H]1c1ccc(F)cc1. The van der Waals surface area contributed by atoms with Gasteiger partial charge in [0.25, 0.3) is 0 Å². The Morgan fingerprint density at radius 2 is 1.96 bits per heavy atom. The number of halogens is 1. The van der Waals surface area contributed by atoms with Crippen LogP contribution in [0.4, 0.5) is 10.1 Å². The first kappa shape index (κ1) is 16.1. The Kier molecular flexibility index (Phi) is 4.21. The molecule has 1 aliphatic heterocycles. The molecule has 4 rings (SSSR count). The van der Waals surface area contributed by atoms with E-state index in [1.807, 2.05) is 24.3 Å². The molecule has 0 unspecified atom stereocenters. The highest BCUT2D eigenvalue weighted by Gasteiger charge is 2.40. The lowest BCUT2D eigenvalue weighted by molar-refractivity contribution is -0.123. The molecule has 1 saturated carbocycles. The fourth-order valence-corrected chi connectivity index (χ4v) is 4.09. The molecule has 6 heteroatoms. The molecule has 2 atom stereocenters. The number of rotatable bonds is 4. The van der Waals surface area contributed by atoms with Gasteiger partial charge in [-0.3, -0.25) is 9.59 Å². The third kappa shape index (κ3) is 3.39. The molecule has 0 aromatic heterocycles. The van der Waals surface area contributed by atoms with E-state index in [-0.39, 0.29) is 36.1 Å². The second-order valence-corrected chi connectivity index (χ2v) is 7.32. The third-order valence-corrected chi connectivity index (χ3v) is 5.59. The lowest BCUT2D eigenvalue weighted by Crippen LogP contribution is -2.44. The lowest BCUT2D eigenvalue weighted by Gasteiger charge is -2.28. The van der Waals surface area contributed by atoms with Crippen molar-refractivity contribution in [2.75, 3.05) is 17.2 Å². The number of nitrogens with zero attached hydrogens (tertiary/aromatic N) is 1. The number of nitrogens with one attached hydrogen (secondary N) is 1. The Labute approximate surface area is 149 Å². The molecule has 128 valence electrons. The third-order valence-electron chi connectivity index (χ3n) is 4.54. The van der Waals surface area contributed by atoms with E-state index in [2.05, 4.69) is 5.32 Å². The van der Waals surface area contributed by atoms with Crippen molar-refractivity contribution in [1.82, 2.24) is 5.32 Å². The molecule has 25 heavy (non-hydrogen) atoms. The zero-order valence-corrected chi connectivity index (χ0v) is 14.3. The summed E-state index contributed by atoms with van der Waals surface area (Å²) in [7, 11) is 0. The summed E-state index contributed by atoms with van der Waals surface area (Å²) in [6.45, 7) is 0.0308. The summed E-state index contributed by atoms with van der Waals surface area (Å²) < 4.78 is 13.0. The summed E-state index contributed by atoms with van der Waals surface area (Å²) >= 11 is 1.50. The van der Waals surface area contributed by atoms with Crippen molar-refractivity contribution in [2.45, 2.75) is 23.3 Å².